The molecule has 0 unspecified atom stereocenters. The van der Waals surface area contributed by atoms with Gasteiger partial charge in [-0.05, 0) is 29.3 Å². The zero-order chi connectivity index (χ0) is 16.5. The number of rotatable bonds is 3. The summed E-state index contributed by atoms with van der Waals surface area (Å²) in [6, 6.07) is 15.0. The normalized spacial score (nSPS) is 22.1. The topological polar surface area (TPSA) is 41.3 Å². The molecule has 1 aliphatic rings. The number of aliphatic hydroxyl groups is 1. The van der Waals surface area contributed by atoms with Gasteiger partial charge in [-0.3, -0.25) is 4.90 Å². The average Bonchev–Trinajstić information content (AvgIpc) is 2.99. The summed E-state index contributed by atoms with van der Waals surface area (Å²) in [5, 5.41) is 13.2. The Labute approximate surface area is 142 Å². The van der Waals surface area contributed by atoms with Gasteiger partial charge in [0.1, 0.15) is 0 Å². The molecule has 2 atom stereocenters. The third-order valence-corrected chi connectivity index (χ3v) is 5.17. The Kier molecular flexibility index (Phi) is 4.08. The van der Waals surface area contributed by atoms with Crippen molar-refractivity contribution in [3.05, 3.63) is 66.2 Å². The molecule has 2 heterocycles. The molecule has 0 bridgehead atoms. The molecule has 4 nitrogen and oxygen atoms in total. The molecule has 124 valence electrons. The van der Waals surface area contributed by atoms with Crippen LogP contribution in [0.15, 0.2) is 55.0 Å². The summed E-state index contributed by atoms with van der Waals surface area (Å²) in [6.07, 6.45) is 4.39. The molecule has 1 aliphatic heterocycles. The Balaban J connectivity index is 1.48. The summed E-state index contributed by atoms with van der Waals surface area (Å²) in [4.78, 5) is 6.49. The van der Waals surface area contributed by atoms with E-state index in [9.17, 15) is 5.11 Å². The van der Waals surface area contributed by atoms with Crippen molar-refractivity contribution in [3.8, 4) is 0 Å². The van der Waals surface area contributed by atoms with Crippen LogP contribution in [0.25, 0.3) is 10.8 Å². The second kappa shape index (κ2) is 6.38. The van der Waals surface area contributed by atoms with E-state index in [1.54, 1.807) is 0 Å². The largest absolute Gasteiger partial charge is 0.391 e. The molecule has 1 fully saturated rings. The van der Waals surface area contributed by atoms with Gasteiger partial charge in [-0.25, -0.2) is 4.98 Å². The predicted molar refractivity (Wildman–Crippen MR) is 95.8 cm³/mol. The Morgan fingerprint density at radius 2 is 2.00 bits per heavy atom. The van der Waals surface area contributed by atoms with Crippen molar-refractivity contribution in [2.75, 3.05) is 13.1 Å². The zero-order valence-electron chi connectivity index (χ0n) is 14.0. The highest BCUT2D eigenvalue weighted by Gasteiger charge is 2.29. The van der Waals surface area contributed by atoms with Crippen molar-refractivity contribution in [3.63, 3.8) is 0 Å². The van der Waals surface area contributed by atoms with E-state index >= 15 is 0 Å². The van der Waals surface area contributed by atoms with Crippen molar-refractivity contribution < 1.29 is 5.11 Å². The number of aromatic nitrogens is 2. The van der Waals surface area contributed by atoms with Gasteiger partial charge in [0.05, 0.1) is 18.1 Å². The van der Waals surface area contributed by atoms with E-state index in [1.807, 2.05) is 24.1 Å². The number of fused-ring (bicyclic) bond motifs is 1. The zero-order valence-corrected chi connectivity index (χ0v) is 14.0. The number of nitrogens with zero attached hydrogens (tertiary/aromatic N) is 3. The minimum absolute atomic E-state index is 0.220. The number of imidazole rings is 1. The highest BCUT2D eigenvalue weighted by Crippen LogP contribution is 2.31. The van der Waals surface area contributed by atoms with E-state index in [1.165, 1.54) is 22.0 Å². The van der Waals surface area contributed by atoms with E-state index in [2.05, 4.69) is 52.3 Å². The summed E-state index contributed by atoms with van der Waals surface area (Å²) in [7, 11) is 2.01. The molecule has 0 saturated carbocycles. The standard InChI is InChI=1S/C20H23N3O/c1-22-14-21-11-18(22)12-23-9-8-19(20(24)13-23)17-7-6-15-4-2-3-5-16(15)10-17/h2-7,10-11,14,19-20,24H,8-9,12-13H2,1H3/t19-,20+/m1/s1. The van der Waals surface area contributed by atoms with Crippen molar-refractivity contribution in [1.29, 1.82) is 0 Å². The van der Waals surface area contributed by atoms with Crippen molar-refractivity contribution in [2.24, 2.45) is 7.05 Å². The maximum Gasteiger partial charge on any atom is 0.0945 e. The Bertz CT molecular complexity index is 842. The molecule has 1 saturated heterocycles. The van der Waals surface area contributed by atoms with Crippen LogP contribution in [0, 0.1) is 0 Å². The number of hydrogen-bond acceptors (Lipinski definition) is 3. The average molecular weight is 321 g/mol. The highest BCUT2D eigenvalue weighted by atomic mass is 16.3. The van der Waals surface area contributed by atoms with Crippen LogP contribution in [0.1, 0.15) is 23.6 Å². The quantitative estimate of drug-likeness (QED) is 0.806. The summed E-state index contributed by atoms with van der Waals surface area (Å²) in [6.45, 7) is 2.56. The van der Waals surface area contributed by atoms with Gasteiger partial charge in [0.25, 0.3) is 0 Å². The van der Waals surface area contributed by atoms with Gasteiger partial charge in [0.2, 0.25) is 0 Å². The number of piperidine rings is 1. The molecule has 0 amide bonds. The summed E-state index contributed by atoms with van der Waals surface area (Å²) in [5.74, 6) is 0.220. The predicted octanol–water partition coefficient (Wildman–Crippen LogP) is 2.92. The number of likely N-dealkylation sites (tertiary alicyclic amines) is 1. The maximum absolute atomic E-state index is 10.7. The van der Waals surface area contributed by atoms with Gasteiger partial charge in [-0.2, -0.15) is 0 Å². The maximum atomic E-state index is 10.7. The van der Waals surface area contributed by atoms with Crippen LogP contribution in [0.5, 0.6) is 0 Å². The van der Waals surface area contributed by atoms with Crippen molar-refractivity contribution in [2.45, 2.75) is 25.0 Å². The highest BCUT2D eigenvalue weighted by molar-refractivity contribution is 5.83. The van der Waals surface area contributed by atoms with Gasteiger partial charge < -0.3 is 9.67 Å². The lowest BCUT2D eigenvalue weighted by molar-refractivity contribution is 0.0468. The molecule has 1 N–H and O–H groups in total. The number of β-amino-alcohol motifs (C(OH)–C–C–N with tert-alkyl or cyclic N) is 1. The van der Waals surface area contributed by atoms with Crippen LogP contribution >= 0.6 is 0 Å². The fourth-order valence-electron chi connectivity index (χ4n) is 3.73. The number of aryl methyl sites for hydroxylation is 1. The smallest absolute Gasteiger partial charge is 0.0945 e. The molecule has 24 heavy (non-hydrogen) atoms. The number of benzene rings is 2. The SMILES string of the molecule is Cn1cncc1CN1CC[C@H](c2ccc3ccccc3c2)[C@@H](O)C1. The second-order valence-corrected chi connectivity index (χ2v) is 6.80. The summed E-state index contributed by atoms with van der Waals surface area (Å²) >= 11 is 0. The van der Waals surface area contributed by atoms with Crippen LogP contribution in [0.3, 0.4) is 0 Å². The minimum atomic E-state index is -0.326. The molecular formula is C20H23N3O. The molecule has 3 aromatic rings. The van der Waals surface area contributed by atoms with E-state index < -0.39 is 0 Å². The lowest BCUT2D eigenvalue weighted by atomic mass is 9.86. The molecule has 1 aromatic heterocycles. The first-order valence-electron chi connectivity index (χ1n) is 8.55. The molecule has 4 rings (SSSR count). The molecular weight excluding hydrogens is 298 g/mol. The van der Waals surface area contributed by atoms with Crippen LogP contribution in [-0.4, -0.2) is 38.8 Å². The van der Waals surface area contributed by atoms with Crippen LogP contribution < -0.4 is 0 Å². The van der Waals surface area contributed by atoms with Crippen molar-refractivity contribution in [1.82, 2.24) is 14.5 Å². The van der Waals surface area contributed by atoms with E-state index in [4.69, 9.17) is 0 Å². The summed E-state index contributed by atoms with van der Waals surface area (Å²) < 4.78 is 2.04. The third-order valence-electron chi connectivity index (χ3n) is 5.17. The van der Waals surface area contributed by atoms with Crippen LogP contribution in [-0.2, 0) is 13.6 Å². The fraction of sp³-hybridized carbons (Fsp3) is 0.350. The van der Waals surface area contributed by atoms with Gasteiger partial charge >= 0.3 is 0 Å². The van der Waals surface area contributed by atoms with Gasteiger partial charge in [0, 0.05) is 32.3 Å². The Morgan fingerprint density at radius 3 is 2.75 bits per heavy atom. The monoisotopic (exact) mass is 321 g/mol. The van der Waals surface area contributed by atoms with Gasteiger partial charge in [-0.1, -0.05) is 42.5 Å². The summed E-state index contributed by atoms with van der Waals surface area (Å²) in [5.41, 5.74) is 2.44. The Hall–Kier alpha value is -2.17. The second-order valence-electron chi connectivity index (χ2n) is 6.80. The van der Waals surface area contributed by atoms with Gasteiger partial charge in [-0.15, -0.1) is 0 Å². The molecule has 2 aromatic carbocycles. The first-order chi connectivity index (χ1) is 11.7. The molecule has 0 aliphatic carbocycles. The van der Waals surface area contributed by atoms with E-state index in [0.29, 0.717) is 6.54 Å². The van der Waals surface area contributed by atoms with Crippen LogP contribution in [0.2, 0.25) is 0 Å². The first-order valence-corrected chi connectivity index (χ1v) is 8.55. The molecule has 4 heteroatoms. The van der Waals surface area contributed by atoms with Gasteiger partial charge in [0.15, 0.2) is 0 Å². The van der Waals surface area contributed by atoms with Crippen molar-refractivity contribution >= 4 is 10.8 Å². The van der Waals surface area contributed by atoms with E-state index in [-0.39, 0.29) is 12.0 Å². The minimum Gasteiger partial charge on any atom is -0.391 e. The third kappa shape index (κ3) is 2.95. The van der Waals surface area contributed by atoms with E-state index in [0.717, 1.165) is 19.5 Å². The fourth-order valence-corrected chi connectivity index (χ4v) is 3.73. The van der Waals surface area contributed by atoms with Crippen LogP contribution in [0.4, 0.5) is 0 Å². The first kappa shape index (κ1) is 15.4. The number of aliphatic hydroxyl groups excluding tert-OH is 1. The molecule has 0 spiro atoms. The molecule has 0 radical (unpaired) electrons. The number of hydrogen-bond donors (Lipinski definition) is 1. The Morgan fingerprint density at radius 1 is 1.17 bits per heavy atom. The lowest BCUT2D eigenvalue weighted by Gasteiger charge is -2.36. The lowest BCUT2D eigenvalue weighted by Crippen LogP contribution is -2.42.